The third-order valence-corrected chi connectivity index (χ3v) is 6.65. The van der Waals surface area contributed by atoms with E-state index >= 15 is 0 Å². The van der Waals surface area contributed by atoms with Crippen LogP contribution in [0.5, 0.6) is 0 Å². The average Bonchev–Trinajstić information content (AvgIpc) is 3.03. The Morgan fingerprint density at radius 1 is 0.905 bits per heavy atom. The lowest BCUT2D eigenvalue weighted by molar-refractivity contribution is -0.107. The summed E-state index contributed by atoms with van der Waals surface area (Å²) < 4.78 is 13.7. The van der Waals surface area contributed by atoms with Crippen molar-refractivity contribution in [3.63, 3.8) is 0 Å². The van der Waals surface area contributed by atoms with Crippen molar-refractivity contribution in [2.75, 3.05) is 16.8 Å². The fourth-order valence-corrected chi connectivity index (χ4v) is 4.55. The first-order chi connectivity index (χ1) is 20.6. The van der Waals surface area contributed by atoms with Gasteiger partial charge in [-0.1, -0.05) is 48.5 Å². The van der Waals surface area contributed by atoms with Crippen molar-refractivity contribution in [1.82, 2.24) is 15.0 Å². The minimum atomic E-state index is -0.276. The number of carbonyl (C=O) groups is 1. The highest BCUT2D eigenvalue weighted by atomic mass is 19.1. The molecule has 0 saturated carbocycles. The first-order valence-electron chi connectivity index (χ1n) is 13.5. The molecule has 5 aromatic rings. The SMILES string of the molecule is NC(=NCc1cccnc1)c1ccccc1-c1cc(NCCc2cccc(F)c2)c(N(C=O)Cc2cccnc2)cn1. The van der Waals surface area contributed by atoms with Crippen LogP contribution in [-0.4, -0.2) is 33.7 Å². The zero-order chi connectivity index (χ0) is 29.1. The second-order valence-corrected chi connectivity index (χ2v) is 9.60. The van der Waals surface area contributed by atoms with Crippen molar-refractivity contribution in [2.45, 2.75) is 19.5 Å². The van der Waals surface area contributed by atoms with Gasteiger partial charge in [0.1, 0.15) is 11.7 Å². The molecule has 0 atom stereocenters. The number of amides is 1. The topological polar surface area (TPSA) is 109 Å². The molecule has 3 aromatic heterocycles. The Morgan fingerprint density at radius 2 is 1.67 bits per heavy atom. The molecule has 0 aliphatic rings. The molecule has 0 fully saturated rings. The van der Waals surface area contributed by atoms with Crippen LogP contribution in [0.4, 0.5) is 15.8 Å². The van der Waals surface area contributed by atoms with Crippen molar-refractivity contribution in [3.8, 4) is 11.3 Å². The molecule has 0 unspecified atom stereocenters. The maximum absolute atomic E-state index is 13.7. The number of nitrogens with one attached hydrogen (secondary N) is 1. The summed E-state index contributed by atoms with van der Waals surface area (Å²) in [5.41, 5.74) is 12.7. The molecule has 0 spiro atoms. The molecule has 0 radical (unpaired) electrons. The number of halogens is 1. The molecule has 8 nitrogen and oxygen atoms in total. The third-order valence-electron chi connectivity index (χ3n) is 6.65. The van der Waals surface area contributed by atoms with E-state index in [-0.39, 0.29) is 5.82 Å². The standard InChI is InChI=1S/C33H30FN7O/c34-27-9-3-6-24(16-27)12-15-38-31-17-30(39-21-32(31)41(23-42)22-26-8-5-14-37-19-26)28-10-1-2-11-29(28)33(35)40-20-25-7-4-13-36-18-25/h1-11,13-14,16-19,21,23H,12,15,20,22H2,(H2,35,40)(H,38,39). The average molecular weight is 560 g/mol. The number of anilines is 2. The number of hydrogen-bond acceptors (Lipinski definition) is 6. The predicted molar refractivity (Wildman–Crippen MR) is 163 cm³/mol. The number of nitrogens with two attached hydrogens (primary N) is 1. The van der Waals surface area contributed by atoms with Crippen molar-refractivity contribution >= 4 is 23.6 Å². The highest BCUT2D eigenvalue weighted by Gasteiger charge is 2.16. The van der Waals surface area contributed by atoms with Gasteiger partial charge in [-0.3, -0.25) is 24.7 Å². The Hall–Kier alpha value is -5.44. The van der Waals surface area contributed by atoms with Crippen molar-refractivity contribution in [3.05, 3.63) is 138 Å². The van der Waals surface area contributed by atoms with Crippen LogP contribution in [0.3, 0.4) is 0 Å². The number of aromatic nitrogens is 3. The lowest BCUT2D eigenvalue weighted by atomic mass is 10.0. The van der Waals surface area contributed by atoms with Crippen molar-refractivity contribution < 1.29 is 9.18 Å². The summed E-state index contributed by atoms with van der Waals surface area (Å²) in [7, 11) is 0. The summed E-state index contributed by atoms with van der Waals surface area (Å²) in [5.74, 6) is 0.106. The molecule has 42 heavy (non-hydrogen) atoms. The summed E-state index contributed by atoms with van der Waals surface area (Å²) in [5, 5.41) is 3.44. The molecule has 0 bridgehead atoms. The molecule has 2 aromatic carbocycles. The van der Waals surface area contributed by atoms with Gasteiger partial charge in [0.2, 0.25) is 6.41 Å². The molecular weight excluding hydrogens is 529 g/mol. The Morgan fingerprint density at radius 3 is 2.40 bits per heavy atom. The number of rotatable bonds is 12. The fourth-order valence-electron chi connectivity index (χ4n) is 4.55. The maximum Gasteiger partial charge on any atom is 0.214 e. The van der Waals surface area contributed by atoms with Gasteiger partial charge in [0, 0.05) is 42.5 Å². The summed E-state index contributed by atoms with van der Waals surface area (Å²) in [6.07, 6.45) is 9.92. The molecule has 3 N–H and O–H groups in total. The van der Waals surface area contributed by atoms with Crippen LogP contribution in [0.1, 0.15) is 22.3 Å². The van der Waals surface area contributed by atoms with E-state index in [1.807, 2.05) is 60.7 Å². The number of aliphatic imine (C=N–C) groups is 1. The highest BCUT2D eigenvalue weighted by molar-refractivity contribution is 6.03. The second kappa shape index (κ2) is 13.8. The van der Waals surface area contributed by atoms with Gasteiger partial charge in [-0.05, 0) is 53.4 Å². The van der Waals surface area contributed by atoms with Gasteiger partial charge >= 0.3 is 0 Å². The number of carbonyl (C=O) groups excluding carboxylic acids is 1. The minimum absolute atomic E-state index is 0.276. The maximum atomic E-state index is 13.7. The molecule has 0 saturated heterocycles. The first-order valence-corrected chi connectivity index (χ1v) is 13.5. The number of pyridine rings is 3. The molecule has 210 valence electrons. The van der Waals surface area contributed by atoms with Gasteiger partial charge in [0.05, 0.1) is 36.4 Å². The lowest BCUT2D eigenvalue weighted by Crippen LogP contribution is -2.22. The zero-order valence-electron chi connectivity index (χ0n) is 22.9. The van der Waals surface area contributed by atoms with Gasteiger partial charge in [0.25, 0.3) is 0 Å². The quantitative estimate of drug-likeness (QED) is 0.120. The van der Waals surface area contributed by atoms with Gasteiger partial charge in [0.15, 0.2) is 0 Å². The van der Waals surface area contributed by atoms with Gasteiger partial charge in [-0.15, -0.1) is 0 Å². The van der Waals surface area contributed by atoms with Crippen LogP contribution >= 0.6 is 0 Å². The number of hydrogen-bond donors (Lipinski definition) is 2. The normalized spacial score (nSPS) is 11.2. The Labute approximate surface area is 243 Å². The van der Waals surface area contributed by atoms with Crippen LogP contribution in [0.15, 0.2) is 115 Å². The number of benzene rings is 2. The zero-order valence-corrected chi connectivity index (χ0v) is 22.9. The van der Waals surface area contributed by atoms with E-state index in [1.54, 1.807) is 42.0 Å². The van der Waals surface area contributed by atoms with E-state index in [0.29, 0.717) is 49.0 Å². The highest BCUT2D eigenvalue weighted by Crippen LogP contribution is 2.31. The Kier molecular flexibility index (Phi) is 9.21. The summed E-state index contributed by atoms with van der Waals surface area (Å²) in [6.45, 7) is 1.23. The van der Waals surface area contributed by atoms with Crippen LogP contribution in [0, 0.1) is 5.82 Å². The van der Waals surface area contributed by atoms with Gasteiger partial charge < -0.3 is 16.0 Å². The van der Waals surface area contributed by atoms with Gasteiger partial charge in [-0.2, -0.15) is 0 Å². The largest absolute Gasteiger partial charge is 0.383 e. The fraction of sp³-hybridized carbons (Fsp3) is 0.121. The molecule has 0 aliphatic heterocycles. The Bertz CT molecular complexity index is 1660. The van der Waals surface area contributed by atoms with Crippen LogP contribution < -0.4 is 16.0 Å². The first kappa shape index (κ1) is 28.1. The van der Waals surface area contributed by atoms with Crippen molar-refractivity contribution in [2.24, 2.45) is 10.7 Å². The summed E-state index contributed by atoms with van der Waals surface area (Å²) >= 11 is 0. The van der Waals surface area contributed by atoms with Crippen LogP contribution in [0.25, 0.3) is 11.3 Å². The third kappa shape index (κ3) is 7.19. The molecule has 9 heteroatoms. The summed E-state index contributed by atoms with van der Waals surface area (Å²) in [4.78, 5) is 31.5. The van der Waals surface area contributed by atoms with Crippen molar-refractivity contribution in [1.29, 1.82) is 0 Å². The van der Waals surface area contributed by atoms with Crippen LogP contribution in [-0.2, 0) is 24.3 Å². The molecule has 3 heterocycles. The molecular formula is C33H30FN7O. The van der Waals surface area contributed by atoms with E-state index in [1.165, 1.54) is 12.1 Å². The van der Waals surface area contributed by atoms with E-state index < -0.39 is 0 Å². The molecule has 5 rings (SSSR count). The smallest absolute Gasteiger partial charge is 0.214 e. The monoisotopic (exact) mass is 559 g/mol. The predicted octanol–water partition coefficient (Wildman–Crippen LogP) is 5.40. The lowest BCUT2D eigenvalue weighted by Gasteiger charge is -2.22. The number of nitrogens with zero attached hydrogens (tertiary/aromatic N) is 5. The van der Waals surface area contributed by atoms with E-state index in [2.05, 4.69) is 20.3 Å². The van der Waals surface area contributed by atoms with E-state index in [9.17, 15) is 9.18 Å². The summed E-state index contributed by atoms with van der Waals surface area (Å²) in [6, 6.07) is 23.6. The van der Waals surface area contributed by atoms with Gasteiger partial charge in [-0.25, -0.2) is 4.39 Å². The second-order valence-electron chi connectivity index (χ2n) is 9.60. The molecule has 0 aliphatic carbocycles. The minimum Gasteiger partial charge on any atom is -0.383 e. The number of amidine groups is 1. The van der Waals surface area contributed by atoms with E-state index in [4.69, 9.17) is 10.7 Å². The Balaban J connectivity index is 1.47. The van der Waals surface area contributed by atoms with Crippen LogP contribution in [0.2, 0.25) is 0 Å². The molecule has 1 amide bonds. The van der Waals surface area contributed by atoms with E-state index in [0.717, 1.165) is 34.2 Å².